The van der Waals surface area contributed by atoms with Crippen LogP contribution in [0.2, 0.25) is 5.02 Å². The molecule has 0 aliphatic carbocycles. The van der Waals surface area contributed by atoms with Crippen molar-refractivity contribution in [2.45, 2.75) is 24.9 Å². The normalized spacial score (nSPS) is 21.4. The Hall–Kier alpha value is -3.24. The Bertz CT molecular complexity index is 1570. The monoisotopic (exact) mass is 563 g/mol. The molecule has 4 heterocycles. The van der Waals surface area contributed by atoms with E-state index in [0.29, 0.717) is 55.2 Å². The van der Waals surface area contributed by atoms with Gasteiger partial charge in [0, 0.05) is 55.8 Å². The summed E-state index contributed by atoms with van der Waals surface area (Å²) in [7, 11) is 0. The predicted molar refractivity (Wildman–Crippen MR) is 154 cm³/mol. The molecule has 0 spiro atoms. The van der Waals surface area contributed by atoms with E-state index in [4.69, 9.17) is 26.1 Å². The van der Waals surface area contributed by atoms with Gasteiger partial charge in [0.25, 0.3) is 0 Å². The standard InChI is InChI=1S/C30H31ClFN5O3/c31-25-15-24-28(27(32)26(25)23-14-21(38)13-18-3-1-2-4-22(18)23)34-30(40-12-9-36-7-10-39-11-8-36)35-29(24)37-16-19-5-6-20(17-37)33-19/h1-4,13-15,19-20,33,38H,5-12,16-17H2. The maximum atomic E-state index is 16.6. The Labute approximate surface area is 236 Å². The first-order valence-electron chi connectivity index (χ1n) is 13.9. The van der Waals surface area contributed by atoms with Gasteiger partial charge in [-0.05, 0) is 47.4 Å². The number of phenols is 1. The number of hydrogen-bond acceptors (Lipinski definition) is 8. The highest BCUT2D eigenvalue weighted by molar-refractivity contribution is 6.35. The number of phenolic OH excluding ortho intramolecular Hbond substituents is 1. The molecule has 0 radical (unpaired) electrons. The van der Waals surface area contributed by atoms with Crippen molar-refractivity contribution in [2.75, 3.05) is 57.4 Å². The van der Waals surface area contributed by atoms with Gasteiger partial charge >= 0.3 is 6.01 Å². The van der Waals surface area contributed by atoms with Crippen LogP contribution in [0.25, 0.3) is 32.8 Å². The number of morpholine rings is 1. The van der Waals surface area contributed by atoms with Gasteiger partial charge in [0.05, 0.1) is 18.2 Å². The summed E-state index contributed by atoms with van der Waals surface area (Å²) in [5.41, 5.74) is 0.866. The van der Waals surface area contributed by atoms with E-state index in [1.54, 1.807) is 18.2 Å². The Balaban J connectivity index is 1.33. The summed E-state index contributed by atoms with van der Waals surface area (Å²) in [5, 5.41) is 16.5. The molecular formula is C30H31ClFN5O3. The first-order valence-corrected chi connectivity index (χ1v) is 14.3. The van der Waals surface area contributed by atoms with Gasteiger partial charge < -0.3 is 24.8 Å². The molecule has 208 valence electrons. The number of ether oxygens (including phenoxy) is 2. The highest BCUT2D eigenvalue weighted by Gasteiger charge is 2.34. The summed E-state index contributed by atoms with van der Waals surface area (Å²) in [6.45, 7) is 5.76. The third kappa shape index (κ3) is 4.81. The molecule has 3 fully saturated rings. The molecule has 1 aromatic heterocycles. The molecule has 2 N–H and O–H groups in total. The van der Waals surface area contributed by atoms with Crippen LogP contribution in [0.5, 0.6) is 11.8 Å². The number of rotatable bonds is 6. The topological polar surface area (TPSA) is 83.0 Å². The molecule has 3 aromatic carbocycles. The quantitative estimate of drug-likeness (QED) is 0.352. The highest BCUT2D eigenvalue weighted by atomic mass is 35.5. The van der Waals surface area contributed by atoms with Crippen LogP contribution in [0.4, 0.5) is 10.2 Å². The molecule has 8 nitrogen and oxygen atoms in total. The SMILES string of the molecule is Oc1cc(-c2c(Cl)cc3c(N4CC5CCC(C4)N5)nc(OCCN4CCOCC4)nc3c2F)c2ccccc2c1. The number of aromatic nitrogens is 2. The maximum absolute atomic E-state index is 16.6. The molecule has 0 amide bonds. The lowest BCUT2D eigenvalue weighted by molar-refractivity contribution is 0.0317. The van der Waals surface area contributed by atoms with E-state index in [9.17, 15) is 5.11 Å². The van der Waals surface area contributed by atoms with Gasteiger partial charge in [-0.3, -0.25) is 4.90 Å². The molecule has 40 heavy (non-hydrogen) atoms. The van der Waals surface area contributed by atoms with Gasteiger partial charge in [-0.25, -0.2) is 4.39 Å². The Morgan fingerprint density at radius 3 is 2.62 bits per heavy atom. The molecule has 3 aliphatic rings. The molecule has 2 atom stereocenters. The van der Waals surface area contributed by atoms with Crippen LogP contribution in [-0.4, -0.2) is 84.6 Å². The molecule has 7 rings (SSSR count). The van der Waals surface area contributed by atoms with E-state index in [1.807, 2.05) is 24.3 Å². The van der Waals surface area contributed by atoms with Crippen molar-refractivity contribution in [1.29, 1.82) is 0 Å². The van der Waals surface area contributed by atoms with Crippen LogP contribution in [-0.2, 0) is 4.74 Å². The summed E-state index contributed by atoms with van der Waals surface area (Å²) in [5.74, 6) is 0.118. The van der Waals surface area contributed by atoms with E-state index >= 15 is 4.39 Å². The van der Waals surface area contributed by atoms with Crippen molar-refractivity contribution in [3.8, 4) is 22.9 Å². The number of fused-ring (bicyclic) bond motifs is 4. The van der Waals surface area contributed by atoms with Crippen molar-refractivity contribution < 1.29 is 19.0 Å². The van der Waals surface area contributed by atoms with Gasteiger partial charge in [-0.15, -0.1) is 0 Å². The summed E-state index contributed by atoms with van der Waals surface area (Å²) in [6, 6.07) is 13.4. The fourth-order valence-electron chi connectivity index (χ4n) is 6.27. The fraction of sp³-hybridized carbons (Fsp3) is 0.400. The number of halogens is 2. The maximum Gasteiger partial charge on any atom is 0.319 e. The van der Waals surface area contributed by atoms with Crippen LogP contribution in [0, 0.1) is 5.82 Å². The van der Waals surface area contributed by atoms with Crippen molar-refractivity contribution in [1.82, 2.24) is 20.2 Å². The zero-order chi connectivity index (χ0) is 27.2. The van der Waals surface area contributed by atoms with Crippen molar-refractivity contribution in [2.24, 2.45) is 0 Å². The Kier molecular flexibility index (Phi) is 6.83. The summed E-state index contributed by atoms with van der Waals surface area (Å²) >= 11 is 6.83. The molecule has 3 aliphatic heterocycles. The van der Waals surface area contributed by atoms with Gasteiger partial charge in [-0.1, -0.05) is 35.9 Å². The largest absolute Gasteiger partial charge is 0.508 e. The zero-order valence-corrected chi connectivity index (χ0v) is 22.8. The van der Waals surface area contributed by atoms with Crippen LogP contribution in [0.15, 0.2) is 42.5 Å². The van der Waals surface area contributed by atoms with E-state index in [1.165, 1.54) is 0 Å². The minimum absolute atomic E-state index is 0.0380. The summed E-state index contributed by atoms with van der Waals surface area (Å²) in [4.78, 5) is 13.9. The van der Waals surface area contributed by atoms with Crippen LogP contribution >= 0.6 is 11.6 Å². The van der Waals surface area contributed by atoms with Gasteiger partial charge in [-0.2, -0.15) is 9.97 Å². The van der Waals surface area contributed by atoms with Gasteiger partial charge in [0.15, 0.2) is 5.82 Å². The Morgan fingerprint density at radius 2 is 1.82 bits per heavy atom. The number of anilines is 1. The van der Waals surface area contributed by atoms with Crippen molar-refractivity contribution in [3.63, 3.8) is 0 Å². The number of piperazine rings is 1. The lowest BCUT2D eigenvalue weighted by atomic mass is 9.96. The molecule has 10 heteroatoms. The van der Waals surface area contributed by atoms with Crippen LogP contribution in [0.1, 0.15) is 12.8 Å². The highest BCUT2D eigenvalue weighted by Crippen LogP contribution is 2.42. The minimum atomic E-state index is -0.557. The van der Waals surface area contributed by atoms with Crippen LogP contribution < -0.4 is 15.0 Å². The zero-order valence-electron chi connectivity index (χ0n) is 22.1. The van der Waals surface area contributed by atoms with Crippen LogP contribution in [0.3, 0.4) is 0 Å². The number of aromatic hydroxyl groups is 1. The summed E-state index contributed by atoms with van der Waals surface area (Å²) < 4.78 is 28.1. The van der Waals surface area contributed by atoms with E-state index in [0.717, 1.165) is 49.8 Å². The number of benzene rings is 3. The lowest BCUT2D eigenvalue weighted by Gasteiger charge is -2.34. The molecule has 2 unspecified atom stereocenters. The third-order valence-electron chi connectivity index (χ3n) is 8.22. The lowest BCUT2D eigenvalue weighted by Crippen LogP contribution is -2.51. The number of hydrogen-bond donors (Lipinski definition) is 2. The first-order chi connectivity index (χ1) is 19.5. The van der Waals surface area contributed by atoms with E-state index < -0.39 is 5.82 Å². The van der Waals surface area contributed by atoms with Crippen molar-refractivity contribution in [3.05, 3.63) is 53.3 Å². The average Bonchev–Trinajstić information content (AvgIpc) is 3.30. The van der Waals surface area contributed by atoms with Crippen molar-refractivity contribution >= 4 is 39.1 Å². The van der Waals surface area contributed by atoms with E-state index in [2.05, 4.69) is 20.1 Å². The predicted octanol–water partition coefficient (Wildman–Crippen LogP) is 4.60. The third-order valence-corrected chi connectivity index (χ3v) is 8.51. The molecule has 3 saturated heterocycles. The molecular weight excluding hydrogens is 533 g/mol. The molecule has 0 saturated carbocycles. The summed E-state index contributed by atoms with van der Waals surface area (Å²) in [6.07, 6.45) is 2.22. The average molecular weight is 564 g/mol. The van der Waals surface area contributed by atoms with Gasteiger partial charge in [0.1, 0.15) is 23.7 Å². The second kappa shape index (κ2) is 10.6. The minimum Gasteiger partial charge on any atom is -0.508 e. The number of nitrogens with one attached hydrogen (secondary N) is 1. The Morgan fingerprint density at radius 1 is 1.05 bits per heavy atom. The smallest absolute Gasteiger partial charge is 0.319 e. The molecule has 4 aromatic rings. The van der Waals surface area contributed by atoms with E-state index in [-0.39, 0.29) is 27.9 Å². The number of nitrogens with zero attached hydrogens (tertiary/aromatic N) is 4. The molecule has 2 bridgehead atoms. The fourth-order valence-corrected chi connectivity index (χ4v) is 6.57. The first kappa shape index (κ1) is 25.7. The second-order valence-corrected chi connectivity index (χ2v) is 11.2. The van der Waals surface area contributed by atoms with Gasteiger partial charge in [0.2, 0.25) is 0 Å². The second-order valence-electron chi connectivity index (χ2n) is 10.8.